The molecule has 0 aliphatic rings. The lowest BCUT2D eigenvalue weighted by atomic mass is 10.3. The summed E-state index contributed by atoms with van der Waals surface area (Å²) in [6.45, 7) is 1.39. The summed E-state index contributed by atoms with van der Waals surface area (Å²) >= 11 is 0. The van der Waals surface area contributed by atoms with Crippen LogP contribution in [0, 0.1) is 10.1 Å². The summed E-state index contributed by atoms with van der Waals surface area (Å²) in [5.74, 6) is -0.290. The van der Waals surface area contributed by atoms with Crippen molar-refractivity contribution in [3.05, 3.63) is 28.4 Å². The van der Waals surface area contributed by atoms with Crippen LogP contribution < -0.4 is 10.6 Å². The highest BCUT2D eigenvalue weighted by Gasteiger charge is 2.06. The molecular formula is C11H16N4O4. The van der Waals surface area contributed by atoms with Gasteiger partial charge < -0.3 is 25.5 Å². The number of hydrogen-bond acceptors (Lipinski definition) is 6. The zero-order valence-electron chi connectivity index (χ0n) is 10.6. The van der Waals surface area contributed by atoms with Crippen LogP contribution in [0.15, 0.2) is 18.3 Å². The standard InChI is InChI=1S/C11H16N4O4/c1-19-7-6-13-11(16)4-5-12-9-2-3-10(14-8-9)15(17)18/h2-3,8,12H,4-7H2,1H3,(H,13,16). The first kappa shape index (κ1) is 14.8. The van der Waals surface area contributed by atoms with Gasteiger partial charge in [-0.2, -0.15) is 0 Å². The van der Waals surface area contributed by atoms with Gasteiger partial charge in [-0.3, -0.25) is 4.79 Å². The lowest BCUT2D eigenvalue weighted by Gasteiger charge is -2.06. The fraction of sp³-hybridized carbons (Fsp3) is 0.455. The molecule has 1 rings (SSSR count). The lowest BCUT2D eigenvalue weighted by molar-refractivity contribution is -0.389. The van der Waals surface area contributed by atoms with Crippen molar-refractivity contribution in [1.82, 2.24) is 10.3 Å². The minimum absolute atomic E-state index is 0.0839. The van der Waals surface area contributed by atoms with Crippen molar-refractivity contribution in [2.75, 3.05) is 32.1 Å². The molecule has 0 aromatic carbocycles. The van der Waals surface area contributed by atoms with Crippen LogP contribution in [0.2, 0.25) is 0 Å². The van der Waals surface area contributed by atoms with Gasteiger partial charge in [0.05, 0.1) is 12.3 Å². The van der Waals surface area contributed by atoms with Crippen molar-refractivity contribution in [1.29, 1.82) is 0 Å². The molecule has 1 heterocycles. The highest BCUT2D eigenvalue weighted by molar-refractivity contribution is 5.76. The third-order valence-electron chi connectivity index (χ3n) is 2.24. The van der Waals surface area contributed by atoms with Gasteiger partial charge >= 0.3 is 5.82 Å². The number of hydrogen-bond donors (Lipinski definition) is 2. The van der Waals surface area contributed by atoms with E-state index < -0.39 is 4.92 Å². The smallest absolute Gasteiger partial charge is 0.363 e. The molecule has 0 radical (unpaired) electrons. The highest BCUT2D eigenvalue weighted by atomic mass is 16.6. The first-order valence-corrected chi connectivity index (χ1v) is 5.73. The van der Waals surface area contributed by atoms with Crippen molar-refractivity contribution >= 4 is 17.4 Å². The monoisotopic (exact) mass is 268 g/mol. The average molecular weight is 268 g/mol. The summed E-state index contributed by atoms with van der Waals surface area (Å²) in [5.41, 5.74) is 0.635. The van der Waals surface area contributed by atoms with Crippen LogP contribution in [0.3, 0.4) is 0 Å². The quantitative estimate of drug-likeness (QED) is 0.405. The second kappa shape index (κ2) is 7.98. The number of carbonyl (C=O) groups is 1. The Labute approximate surface area is 110 Å². The van der Waals surface area contributed by atoms with Gasteiger partial charge in [0.25, 0.3) is 0 Å². The van der Waals surface area contributed by atoms with Crippen LogP contribution in [0.1, 0.15) is 6.42 Å². The third-order valence-corrected chi connectivity index (χ3v) is 2.24. The number of nitrogens with zero attached hydrogens (tertiary/aromatic N) is 2. The second-order valence-electron chi connectivity index (χ2n) is 3.68. The van der Waals surface area contributed by atoms with Crippen LogP contribution >= 0.6 is 0 Å². The Morgan fingerprint density at radius 1 is 1.47 bits per heavy atom. The molecule has 8 nitrogen and oxygen atoms in total. The van der Waals surface area contributed by atoms with E-state index in [2.05, 4.69) is 15.6 Å². The van der Waals surface area contributed by atoms with Gasteiger partial charge in [-0.15, -0.1) is 0 Å². The molecule has 2 N–H and O–H groups in total. The van der Waals surface area contributed by atoms with Gasteiger partial charge in [-0.25, -0.2) is 0 Å². The van der Waals surface area contributed by atoms with Crippen molar-refractivity contribution in [3.8, 4) is 0 Å². The summed E-state index contributed by atoms with van der Waals surface area (Å²) in [4.78, 5) is 24.8. The number of nitro groups is 1. The van der Waals surface area contributed by atoms with E-state index in [1.807, 2.05) is 0 Å². The number of carbonyl (C=O) groups excluding carboxylic acids is 1. The number of nitrogens with one attached hydrogen (secondary N) is 2. The Hall–Kier alpha value is -2.22. The SMILES string of the molecule is COCCNC(=O)CCNc1ccc([N+](=O)[O-])nc1. The number of aromatic nitrogens is 1. The van der Waals surface area contributed by atoms with E-state index in [0.717, 1.165) is 0 Å². The topological polar surface area (TPSA) is 106 Å². The van der Waals surface area contributed by atoms with E-state index in [1.54, 1.807) is 13.2 Å². The Morgan fingerprint density at radius 3 is 2.84 bits per heavy atom. The van der Waals surface area contributed by atoms with E-state index in [1.165, 1.54) is 12.3 Å². The van der Waals surface area contributed by atoms with Crippen molar-refractivity contribution < 1.29 is 14.5 Å². The van der Waals surface area contributed by atoms with E-state index in [4.69, 9.17) is 4.74 Å². The maximum Gasteiger partial charge on any atom is 0.363 e. The molecule has 104 valence electrons. The van der Waals surface area contributed by atoms with Gasteiger partial charge in [-0.1, -0.05) is 0 Å². The molecule has 0 spiro atoms. The largest absolute Gasteiger partial charge is 0.383 e. The molecule has 0 atom stereocenters. The van der Waals surface area contributed by atoms with E-state index in [9.17, 15) is 14.9 Å². The summed E-state index contributed by atoms with van der Waals surface area (Å²) in [7, 11) is 1.56. The van der Waals surface area contributed by atoms with Gasteiger partial charge in [0.1, 0.15) is 0 Å². The number of pyridine rings is 1. The van der Waals surface area contributed by atoms with Crippen molar-refractivity contribution in [2.24, 2.45) is 0 Å². The second-order valence-corrected chi connectivity index (χ2v) is 3.68. The summed E-state index contributed by atoms with van der Waals surface area (Å²) in [6, 6.07) is 2.86. The maximum absolute atomic E-state index is 11.3. The Kier molecular flexibility index (Phi) is 6.23. The van der Waals surface area contributed by atoms with Crippen LogP contribution in [-0.4, -0.2) is 42.6 Å². The van der Waals surface area contributed by atoms with Crippen LogP contribution in [0.25, 0.3) is 0 Å². The number of amides is 1. The molecule has 0 bridgehead atoms. The minimum atomic E-state index is -0.562. The highest BCUT2D eigenvalue weighted by Crippen LogP contribution is 2.10. The van der Waals surface area contributed by atoms with E-state index in [0.29, 0.717) is 31.8 Å². The molecule has 1 aromatic heterocycles. The molecule has 0 saturated heterocycles. The summed E-state index contributed by atoms with van der Waals surface area (Å²) < 4.78 is 4.80. The fourth-order valence-corrected chi connectivity index (χ4v) is 1.30. The first-order chi connectivity index (χ1) is 9.13. The van der Waals surface area contributed by atoms with Gasteiger partial charge in [0.15, 0.2) is 6.20 Å². The normalized spacial score (nSPS) is 9.95. The van der Waals surface area contributed by atoms with Gasteiger partial charge in [-0.05, 0) is 16.0 Å². The molecule has 0 saturated carbocycles. The zero-order chi connectivity index (χ0) is 14.1. The first-order valence-electron chi connectivity index (χ1n) is 5.73. The van der Waals surface area contributed by atoms with Crippen LogP contribution in [-0.2, 0) is 9.53 Å². The van der Waals surface area contributed by atoms with E-state index >= 15 is 0 Å². The number of anilines is 1. The summed E-state index contributed by atoms with van der Waals surface area (Å²) in [5, 5.41) is 16.0. The molecule has 1 amide bonds. The minimum Gasteiger partial charge on any atom is -0.383 e. The molecule has 0 unspecified atom stereocenters. The van der Waals surface area contributed by atoms with Crippen LogP contribution in [0.4, 0.5) is 11.5 Å². The molecule has 0 aliphatic carbocycles. The molecular weight excluding hydrogens is 252 g/mol. The Balaban J connectivity index is 2.25. The fourth-order valence-electron chi connectivity index (χ4n) is 1.30. The van der Waals surface area contributed by atoms with Crippen molar-refractivity contribution in [2.45, 2.75) is 6.42 Å². The molecule has 0 aliphatic heterocycles. The van der Waals surface area contributed by atoms with Gasteiger partial charge in [0.2, 0.25) is 5.91 Å². The average Bonchev–Trinajstić information content (AvgIpc) is 2.39. The maximum atomic E-state index is 11.3. The number of methoxy groups -OCH3 is 1. The molecule has 1 aromatic rings. The van der Waals surface area contributed by atoms with Gasteiger partial charge in [0, 0.05) is 32.7 Å². The molecule has 19 heavy (non-hydrogen) atoms. The zero-order valence-corrected chi connectivity index (χ0v) is 10.6. The number of ether oxygens (including phenoxy) is 1. The number of rotatable bonds is 8. The van der Waals surface area contributed by atoms with Crippen LogP contribution in [0.5, 0.6) is 0 Å². The molecule has 8 heteroatoms. The van der Waals surface area contributed by atoms with Crippen molar-refractivity contribution in [3.63, 3.8) is 0 Å². The Morgan fingerprint density at radius 2 is 2.26 bits per heavy atom. The third kappa shape index (κ3) is 5.77. The Bertz CT molecular complexity index is 421. The lowest BCUT2D eigenvalue weighted by Crippen LogP contribution is -2.28. The summed E-state index contributed by atoms with van der Waals surface area (Å²) in [6.07, 6.45) is 1.67. The predicted molar refractivity (Wildman–Crippen MR) is 68.9 cm³/mol. The van der Waals surface area contributed by atoms with E-state index in [-0.39, 0.29) is 11.7 Å². The predicted octanol–water partition coefficient (Wildman–Crippen LogP) is 0.554. The molecule has 0 fully saturated rings.